The van der Waals surface area contributed by atoms with Gasteiger partial charge in [0.1, 0.15) is 11.5 Å². The van der Waals surface area contributed by atoms with Crippen molar-refractivity contribution in [1.29, 1.82) is 0 Å². The van der Waals surface area contributed by atoms with Crippen molar-refractivity contribution in [2.24, 2.45) is 0 Å². The first-order valence-corrected chi connectivity index (χ1v) is 5.19. The molecule has 0 aliphatic carbocycles. The smallest absolute Gasteiger partial charge is 0.307 e. The highest BCUT2D eigenvalue weighted by Crippen LogP contribution is 2.24. The number of ether oxygens (including phenoxy) is 2. The lowest BCUT2D eigenvalue weighted by atomic mass is 10.1. The molecule has 0 amide bonds. The summed E-state index contributed by atoms with van der Waals surface area (Å²) >= 11 is 0. The monoisotopic (exact) mass is 224 g/mol. The molecule has 0 aromatic heterocycles. The number of methoxy groups -OCH3 is 1. The minimum atomic E-state index is -0.883. The van der Waals surface area contributed by atoms with Crippen molar-refractivity contribution < 1.29 is 19.4 Å². The summed E-state index contributed by atoms with van der Waals surface area (Å²) in [4.78, 5) is 10.7. The quantitative estimate of drug-likeness (QED) is 0.804. The van der Waals surface area contributed by atoms with E-state index in [1.165, 1.54) is 7.11 Å². The van der Waals surface area contributed by atoms with Gasteiger partial charge in [0, 0.05) is 5.56 Å². The third-order valence-corrected chi connectivity index (χ3v) is 2.07. The van der Waals surface area contributed by atoms with E-state index in [2.05, 4.69) is 0 Å². The average molecular weight is 224 g/mol. The Morgan fingerprint density at radius 2 is 2.19 bits per heavy atom. The van der Waals surface area contributed by atoms with Crippen LogP contribution in [-0.2, 0) is 11.2 Å². The number of benzene rings is 1. The maximum absolute atomic E-state index is 10.7. The number of carbonyl (C=O) groups is 1. The molecule has 0 saturated heterocycles. The molecule has 0 unspecified atom stereocenters. The Balaban J connectivity index is 2.87. The highest BCUT2D eigenvalue weighted by atomic mass is 16.5. The molecule has 4 nitrogen and oxygen atoms in total. The van der Waals surface area contributed by atoms with E-state index in [9.17, 15) is 4.79 Å². The number of hydrogen-bond donors (Lipinski definition) is 1. The SMILES string of the molecule is CCCOc1ccc(OC)c(CC(=O)O)c1. The van der Waals surface area contributed by atoms with Crippen LogP contribution in [0, 0.1) is 0 Å². The van der Waals surface area contributed by atoms with E-state index in [0.29, 0.717) is 23.7 Å². The molecule has 4 heteroatoms. The van der Waals surface area contributed by atoms with Gasteiger partial charge in [0.2, 0.25) is 0 Å². The summed E-state index contributed by atoms with van der Waals surface area (Å²) in [5, 5.41) is 8.76. The number of rotatable bonds is 6. The van der Waals surface area contributed by atoms with Crippen LogP contribution >= 0.6 is 0 Å². The molecule has 1 aromatic rings. The standard InChI is InChI=1S/C12H16O4/c1-3-6-16-10-4-5-11(15-2)9(7-10)8-12(13)14/h4-5,7H,3,6,8H2,1-2H3,(H,13,14). The number of hydrogen-bond acceptors (Lipinski definition) is 3. The van der Waals surface area contributed by atoms with E-state index in [1.807, 2.05) is 6.92 Å². The van der Waals surface area contributed by atoms with Crippen LogP contribution < -0.4 is 9.47 Å². The zero-order valence-electron chi connectivity index (χ0n) is 9.53. The Morgan fingerprint density at radius 1 is 1.44 bits per heavy atom. The minimum absolute atomic E-state index is 0.0630. The molecule has 1 rings (SSSR count). The third-order valence-electron chi connectivity index (χ3n) is 2.07. The molecule has 16 heavy (non-hydrogen) atoms. The normalized spacial score (nSPS) is 9.88. The molecule has 0 radical (unpaired) electrons. The lowest BCUT2D eigenvalue weighted by molar-refractivity contribution is -0.136. The minimum Gasteiger partial charge on any atom is -0.496 e. The van der Waals surface area contributed by atoms with Gasteiger partial charge in [0.15, 0.2) is 0 Å². The highest BCUT2D eigenvalue weighted by Gasteiger charge is 2.08. The molecule has 0 saturated carbocycles. The van der Waals surface area contributed by atoms with E-state index in [-0.39, 0.29) is 6.42 Å². The van der Waals surface area contributed by atoms with Crippen molar-refractivity contribution >= 4 is 5.97 Å². The van der Waals surface area contributed by atoms with Crippen molar-refractivity contribution in [3.05, 3.63) is 23.8 Å². The van der Waals surface area contributed by atoms with Crippen LogP contribution in [0.25, 0.3) is 0 Å². The van der Waals surface area contributed by atoms with E-state index in [0.717, 1.165) is 6.42 Å². The average Bonchev–Trinajstić information content (AvgIpc) is 2.26. The molecule has 0 aliphatic heterocycles. The Kier molecular flexibility index (Phi) is 4.64. The maximum Gasteiger partial charge on any atom is 0.307 e. The molecule has 0 atom stereocenters. The van der Waals surface area contributed by atoms with Crippen LogP contribution in [0.1, 0.15) is 18.9 Å². The highest BCUT2D eigenvalue weighted by molar-refractivity contribution is 5.71. The second-order valence-corrected chi connectivity index (χ2v) is 3.39. The summed E-state index contributed by atoms with van der Waals surface area (Å²) in [6.07, 6.45) is 0.854. The predicted octanol–water partition coefficient (Wildman–Crippen LogP) is 2.11. The maximum atomic E-state index is 10.7. The topological polar surface area (TPSA) is 55.8 Å². The summed E-state index contributed by atoms with van der Waals surface area (Å²) in [5.74, 6) is 0.371. The van der Waals surface area contributed by atoms with E-state index in [4.69, 9.17) is 14.6 Å². The Bertz CT molecular complexity index is 360. The Hall–Kier alpha value is -1.71. The van der Waals surface area contributed by atoms with Gasteiger partial charge in [-0.05, 0) is 24.6 Å². The van der Waals surface area contributed by atoms with Crippen molar-refractivity contribution in [1.82, 2.24) is 0 Å². The largest absolute Gasteiger partial charge is 0.496 e. The fourth-order valence-corrected chi connectivity index (χ4v) is 1.37. The molecule has 0 fully saturated rings. The molecule has 1 N–H and O–H groups in total. The van der Waals surface area contributed by atoms with Gasteiger partial charge >= 0.3 is 5.97 Å². The van der Waals surface area contributed by atoms with Gasteiger partial charge < -0.3 is 14.6 Å². The molecular weight excluding hydrogens is 208 g/mol. The van der Waals surface area contributed by atoms with Gasteiger partial charge in [-0.25, -0.2) is 0 Å². The van der Waals surface area contributed by atoms with Crippen molar-refractivity contribution in [3.8, 4) is 11.5 Å². The fourth-order valence-electron chi connectivity index (χ4n) is 1.37. The number of aliphatic carboxylic acids is 1. The van der Waals surface area contributed by atoms with Crippen LogP contribution in [0.2, 0.25) is 0 Å². The zero-order chi connectivity index (χ0) is 12.0. The first-order chi connectivity index (χ1) is 7.67. The van der Waals surface area contributed by atoms with Crippen molar-refractivity contribution in [3.63, 3.8) is 0 Å². The van der Waals surface area contributed by atoms with Gasteiger partial charge in [0.05, 0.1) is 20.1 Å². The summed E-state index contributed by atoms with van der Waals surface area (Å²) in [7, 11) is 1.52. The molecular formula is C12H16O4. The van der Waals surface area contributed by atoms with Crippen LogP contribution in [0.3, 0.4) is 0 Å². The van der Waals surface area contributed by atoms with Crippen LogP contribution in [0.15, 0.2) is 18.2 Å². The molecule has 88 valence electrons. The lowest BCUT2D eigenvalue weighted by Gasteiger charge is -2.10. The molecule has 0 aliphatic rings. The van der Waals surface area contributed by atoms with Gasteiger partial charge in [-0.3, -0.25) is 4.79 Å². The molecule has 0 spiro atoms. The summed E-state index contributed by atoms with van der Waals surface area (Å²) < 4.78 is 10.5. The van der Waals surface area contributed by atoms with Gasteiger partial charge in [-0.1, -0.05) is 6.92 Å². The van der Waals surface area contributed by atoms with Gasteiger partial charge in [0.25, 0.3) is 0 Å². The first-order valence-electron chi connectivity index (χ1n) is 5.19. The predicted molar refractivity (Wildman–Crippen MR) is 60.1 cm³/mol. The van der Waals surface area contributed by atoms with E-state index < -0.39 is 5.97 Å². The van der Waals surface area contributed by atoms with Gasteiger partial charge in [-0.2, -0.15) is 0 Å². The second-order valence-electron chi connectivity index (χ2n) is 3.39. The zero-order valence-corrected chi connectivity index (χ0v) is 9.53. The van der Waals surface area contributed by atoms with Crippen molar-refractivity contribution in [2.45, 2.75) is 19.8 Å². The fraction of sp³-hybridized carbons (Fsp3) is 0.417. The number of carboxylic acids is 1. The first kappa shape index (κ1) is 12.4. The molecule has 0 bridgehead atoms. The Morgan fingerprint density at radius 3 is 2.75 bits per heavy atom. The lowest BCUT2D eigenvalue weighted by Crippen LogP contribution is -2.03. The van der Waals surface area contributed by atoms with Gasteiger partial charge in [-0.15, -0.1) is 0 Å². The Labute approximate surface area is 94.8 Å². The summed E-state index contributed by atoms with van der Waals surface area (Å²) in [6, 6.07) is 5.21. The summed E-state index contributed by atoms with van der Waals surface area (Å²) in [6.45, 7) is 2.64. The second kappa shape index (κ2) is 6.00. The third kappa shape index (κ3) is 3.46. The van der Waals surface area contributed by atoms with Crippen LogP contribution in [0.5, 0.6) is 11.5 Å². The molecule has 1 aromatic carbocycles. The van der Waals surface area contributed by atoms with Crippen LogP contribution in [0.4, 0.5) is 0 Å². The number of carboxylic acid groups (broad SMARTS) is 1. The van der Waals surface area contributed by atoms with E-state index >= 15 is 0 Å². The van der Waals surface area contributed by atoms with E-state index in [1.54, 1.807) is 18.2 Å². The summed E-state index contributed by atoms with van der Waals surface area (Å²) in [5.41, 5.74) is 0.628. The van der Waals surface area contributed by atoms with Crippen LogP contribution in [-0.4, -0.2) is 24.8 Å². The van der Waals surface area contributed by atoms with Crippen molar-refractivity contribution in [2.75, 3.05) is 13.7 Å². The molecule has 0 heterocycles.